The Hall–Kier alpha value is -0.320. The summed E-state index contributed by atoms with van der Waals surface area (Å²) >= 11 is 0. The van der Waals surface area contributed by atoms with Gasteiger partial charge in [-0.05, 0) is 0 Å². The molecule has 0 aliphatic carbocycles. The fourth-order valence-electron chi connectivity index (χ4n) is 0.538. The zero-order valence-corrected chi connectivity index (χ0v) is 7.41. The molecule has 0 aliphatic heterocycles. The van der Waals surface area contributed by atoms with Gasteiger partial charge >= 0.3 is 7.94 Å². The zero-order chi connectivity index (χ0) is 9.61. The van der Waals surface area contributed by atoms with Gasteiger partial charge in [0.2, 0.25) is 11.9 Å². The van der Waals surface area contributed by atoms with Crippen LogP contribution >= 0.6 is 7.94 Å². The Labute approximate surface area is 70.9 Å². The van der Waals surface area contributed by atoms with E-state index in [9.17, 15) is 4.79 Å². The number of hydrogen-bond acceptors (Lipinski definition) is 5. The van der Waals surface area contributed by atoms with Crippen LogP contribution in [0.5, 0.6) is 0 Å². The molecule has 0 rings (SSSR count). The van der Waals surface area contributed by atoms with Gasteiger partial charge in [-0.15, -0.1) is 6.58 Å². The quantitative estimate of drug-likeness (QED) is 0.302. The van der Waals surface area contributed by atoms with E-state index in [0.717, 1.165) is 0 Å². The highest BCUT2D eigenvalue weighted by molar-refractivity contribution is 7.59. The number of ether oxygens (including phenoxy) is 1. The molecule has 0 aromatic carbocycles. The molecule has 0 saturated heterocycles. The smallest absolute Gasteiger partial charge is 0.369 e. The zero-order valence-electron chi connectivity index (χ0n) is 6.51. The standard InChI is InChI=1S/C6H12O5P/c1-2-3-11-4-6(7)5-12(8,9)10/h2,8-10H,1,3-5H2/q+1. The van der Waals surface area contributed by atoms with Crippen LogP contribution in [0.2, 0.25) is 0 Å². The molecule has 0 saturated carbocycles. The largest absolute Gasteiger partial charge is 0.411 e. The molecular weight excluding hydrogens is 183 g/mol. The molecule has 0 spiro atoms. The summed E-state index contributed by atoms with van der Waals surface area (Å²) in [5.74, 6) is -0.544. The van der Waals surface area contributed by atoms with E-state index in [-0.39, 0.29) is 13.2 Å². The Morgan fingerprint density at radius 3 is 2.50 bits per heavy atom. The second-order valence-corrected chi connectivity index (χ2v) is 3.89. The van der Waals surface area contributed by atoms with Gasteiger partial charge in [-0.3, -0.25) is 4.79 Å². The number of carbonyl (C=O) groups is 1. The third kappa shape index (κ3) is 7.78. The number of hydrogen-bond donors (Lipinski definition) is 3. The van der Waals surface area contributed by atoms with Crippen LogP contribution in [-0.2, 0) is 9.53 Å². The van der Waals surface area contributed by atoms with Crippen molar-refractivity contribution in [1.29, 1.82) is 0 Å². The fourth-order valence-corrected chi connectivity index (χ4v) is 1.10. The summed E-state index contributed by atoms with van der Waals surface area (Å²) < 4.78 is 4.71. The highest BCUT2D eigenvalue weighted by atomic mass is 31.2. The SMILES string of the molecule is C=CCOCC(=O)C[P+](O)(O)O. The second-order valence-electron chi connectivity index (χ2n) is 2.19. The first-order valence-corrected chi connectivity index (χ1v) is 5.05. The molecule has 0 bridgehead atoms. The summed E-state index contributed by atoms with van der Waals surface area (Å²) in [5, 5.41) is 0. The lowest BCUT2D eigenvalue weighted by Gasteiger charge is -2.02. The molecule has 0 aliphatic rings. The summed E-state index contributed by atoms with van der Waals surface area (Å²) in [6.07, 6.45) is 0.816. The molecule has 70 valence electrons. The Morgan fingerprint density at radius 2 is 2.08 bits per heavy atom. The van der Waals surface area contributed by atoms with Crippen molar-refractivity contribution in [3.05, 3.63) is 12.7 Å². The van der Waals surface area contributed by atoms with Gasteiger partial charge in [0.1, 0.15) is 6.61 Å². The van der Waals surface area contributed by atoms with Crippen molar-refractivity contribution in [3.63, 3.8) is 0 Å². The Balaban J connectivity index is 3.53. The number of rotatable bonds is 6. The average molecular weight is 195 g/mol. The maximum absolute atomic E-state index is 10.7. The van der Waals surface area contributed by atoms with Gasteiger partial charge in [0.05, 0.1) is 6.61 Å². The first-order valence-electron chi connectivity index (χ1n) is 3.22. The average Bonchev–Trinajstić information content (AvgIpc) is 1.84. The van der Waals surface area contributed by atoms with E-state index < -0.39 is 19.9 Å². The van der Waals surface area contributed by atoms with Gasteiger partial charge in [0.15, 0.2) is 0 Å². The summed E-state index contributed by atoms with van der Waals surface area (Å²) in [6.45, 7) is 3.34. The predicted molar refractivity (Wildman–Crippen MR) is 44.5 cm³/mol. The first kappa shape index (κ1) is 11.7. The Bertz CT molecular complexity index is 162. The highest BCUT2D eigenvalue weighted by Crippen LogP contribution is 2.43. The van der Waals surface area contributed by atoms with Gasteiger partial charge in [-0.25, -0.2) is 0 Å². The van der Waals surface area contributed by atoms with Gasteiger partial charge < -0.3 is 4.74 Å². The van der Waals surface area contributed by atoms with Crippen LogP contribution in [0.15, 0.2) is 12.7 Å². The van der Waals surface area contributed by atoms with Crippen molar-refractivity contribution in [3.8, 4) is 0 Å². The lowest BCUT2D eigenvalue weighted by molar-refractivity contribution is -0.121. The second kappa shape index (κ2) is 5.35. The van der Waals surface area contributed by atoms with Crippen LogP contribution in [-0.4, -0.2) is 39.8 Å². The molecule has 0 aromatic rings. The molecule has 12 heavy (non-hydrogen) atoms. The van der Waals surface area contributed by atoms with Gasteiger partial charge in [-0.2, -0.15) is 14.7 Å². The summed E-state index contributed by atoms with van der Waals surface area (Å²) in [5.41, 5.74) is 0. The summed E-state index contributed by atoms with van der Waals surface area (Å²) in [4.78, 5) is 36.1. The lowest BCUT2D eigenvalue weighted by Crippen LogP contribution is -2.15. The van der Waals surface area contributed by atoms with Gasteiger partial charge in [-0.1, -0.05) is 6.08 Å². The topological polar surface area (TPSA) is 87.0 Å². The molecule has 0 heterocycles. The van der Waals surface area contributed by atoms with E-state index in [1.807, 2.05) is 0 Å². The minimum Gasteiger partial charge on any atom is -0.369 e. The van der Waals surface area contributed by atoms with Crippen LogP contribution in [0.3, 0.4) is 0 Å². The number of Topliss-reactive ketones (excluding diaryl/α,β-unsaturated/α-hetero) is 1. The van der Waals surface area contributed by atoms with Crippen LogP contribution < -0.4 is 0 Å². The van der Waals surface area contributed by atoms with E-state index >= 15 is 0 Å². The van der Waals surface area contributed by atoms with E-state index in [0.29, 0.717) is 0 Å². The molecule has 6 heteroatoms. The number of ketones is 1. The van der Waals surface area contributed by atoms with Crippen molar-refractivity contribution >= 4 is 13.7 Å². The predicted octanol–water partition coefficient (Wildman–Crippen LogP) is -0.502. The third-order valence-electron chi connectivity index (χ3n) is 0.887. The minimum absolute atomic E-state index is 0.222. The molecule has 0 unspecified atom stereocenters. The van der Waals surface area contributed by atoms with Crippen LogP contribution in [0.4, 0.5) is 0 Å². The molecular formula is C6H12O5P+. The molecule has 0 atom stereocenters. The maximum Gasteiger partial charge on any atom is 0.411 e. The molecule has 0 fully saturated rings. The Morgan fingerprint density at radius 1 is 1.50 bits per heavy atom. The van der Waals surface area contributed by atoms with Gasteiger partial charge in [0.25, 0.3) is 0 Å². The van der Waals surface area contributed by atoms with Crippen molar-refractivity contribution in [1.82, 2.24) is 0 Å². The van der Waals surface area contributed by atoms with Crippen LogP contribution in [0, 0.1) is 0 Å². The fraction of sp³-hybridized carbons (Fsp3) is 0.500. The van der Waals surface area contributed by atoms with E-state index in [2.05, 4.69) is 6.58 Å². The minimum atomic E-state index is -3.98. The monoisotopic (exact) mass is 195 g/mol. The maximum atomic E-state index is 10.7. The molecule has 0 amide bonds. The molecule has 5 nitrogen and oxygen atoms in total. The summed E-state index contributed by atoms with van der Waals surface area (Å²) in [7, 11) is -3.98. The van der Waals surface area contributed by atoms with E-state index in [4.69, 9.17) is 19.4 Å². The molecule has 0 radical (unpaired) electrons. The van der Waals surface area contributed by atoms with Crippen LogP contribution in [0.1, 0.15) is 0 Å². The molecule has 3 N–H and O–H groups in total. The third-order valence-corrected chi connectivity index (χ3v) is 1.66. The first-order chi connectivity index (χ1) is 5.45. The van der Waals surface area contributed by atoms with E-state index in [1.54, 1.807) is 0 Å². The highest BCUT2D eigenvalue weighted by Gasteiger charge is 2.33. The van der Waals surface area contributed by atoms with Crippen molar-refractivity contribution in [2.45, 2.75) is 0 Å². The van der Waals surface area contributed by atoms with Gasteiger partial charge in [0, 0.05) is 0 Å². The van der Waals surface area contributed by atoms with Crippen molar-refractivity contribution in [2.75, 3.05) is 19.4 Å². The van der Waals surface area contributed by atoms with Crippen molar-refractivity contribution in [2.24, 2.45) is 0 Å². The normalized spacial score (nSPS) is 11.2. The van der Waals surface area contributed by atoms with E-state index in [1.165, 1.54) is 6.08 Å². The lowest BCUT2D eigenvalue weighted by atomic mass is 10.5. The Kier molecular flexibility index (Phi) is 5.20. The van der Waals surface area contributed by atoms with Crippen molar-refractivity contribution < 1.29 is 24.2 Å². The van der Waals surface area contributed by atoms with Crippen LogP contribution in [0.25, 0.3) is 0 Å². The number of carbonyl (C=O) groups excluding carboxylic acids is 1. The summed E-state index contributed by atoms with van der Waals surface area (Å²) in [6, 6.07) is 0. The molecule has 0 aromatic heterocycles.